The van der Waals surface area contributed by atoms with Gasteiger partial charge in [0.25, 0.3) is 5.69 Å². The van der Waals surface area contributed by atoms with Crippen molar-refractivity contribution in [1.29, 1.82) is 0 Å². The third kappa shape index (κ3) is 3.19. The van der Waals surface area contributed by atoms with Crippen LogP contribution in [0.4, 0.5) is 5.69 Å². The van der Waals surface area contributed by atoms with E-state index in [9.17, 15) is 15.2 Å². The van der Waals surface area contributed by atoms with E-state index < -0.39 is 4.92 Å². The summed E-state index contributed by atoms with van der Waals surface area (Å²) in [6.07, 6.45) is 2.27. The highest BCUT2D eigenvalue weighted by Gasteiger charge is 2.21. The smallest absolute Gasteiger partial charge is 0.273 e. The van der Waals surface area contributed by atoms with E-state index in [1.807, 2.05) is 0 Å². The van der Waals surface area contributed by atoms with Crippen LogP contribution in [0, 0.1) is 16.0 Å². The van der Waals surface area contributed by atoms with Crippen LogP contribution in [0.15, 0.2) is 12.1 Å². The fraction of sp³-hybridized carbons (Fsp3) is 0.571. The van der Waals surface area contributed by atoms with Crippen LogP contribution in [0.1, 0.15) is 25.3 Å². The third-order valence-electron chi connectivity index (χ3n) is 3.97. The number of nitrogens with zero attached hydrogens (tertiary/aromatic N) is 1. The molecule has 1 heterocycles. The fourth-order valence-corrected chi connectivity index (χ4v) is 2.65. The predicted molar refractivity (Wildman–Crippen MR) is 71.9 cm³/mol. The zero-order valence-electron chi connectivity index (χ0n) is 11.8. The van der Waals surface area contributed by atoms with Gasteiger partial charge in [-0.15, -0.1) is 0 Å². The van der Waals surface area contributed by atoms with Gasteiger partial charge in [0.1, 0.15) is 12.3 Å². The van der Waals surface area contributed by atoms with Crippen molar-refractivity contribution in [3.63, 3.8) is 0 Å². The molecule has 0 radical (unpaired) electrons. The third-order valence-corrected chi connectivity index (χ3v) is 3.97. The molecule has 0 unspecified atom stereocenters. The lowest BCUT2D eigenvalue weighted by Gasteiger charge is -2.29. The molecule has 2 rings (SSSR count). The van der Waals surface area contributed by atoms with E-state index >= 15 is 0 Å². The first-order chi connectivity index (χ1) is 9.51. The summed E-state index contributed by atoms with van der Waals surface area (Å²) in [5.41, 5.74) is 0.391. The van der Waals surface area contributed by atoms with Gasteiger partial charge in [-0.1, -0.05) is 12.7 Å². The van der Waals surface area contributed by atoms with Gasteiger partial charge in [0.05, 0.1) is 31.2 Å². The number of nitro benzene ring substituents is 1. The van der Waals surface area contributed by atoms with Gasteiger partial charge in [-0.05, 0) is 18.8 Å². The van der Waals surface area contributed by atoms with Crippen molar-refractivity contribution in [1.82, 2.24) is 0 Å². The molecular formula is C14H20N2O4. The van der Waals surface area contributed by atoms with Crippen LogP contribution in [0.5, 0.6) is 11.5 Å². The van der Waals surface area contributed by atoms with Crippen molar-refractivity contribution in [2.45, 2.75) is 26.3 Å². The molecule has 0 aromatic heterocycles. The standard InChI is InChI=1S/C14H20N2O4/c1-10-3-5-15(6-4-10)9-11-7-12(16(18)19)8-13(20-2)14(11)17/h7-8,10,17H,3-6,9H2,1-2H3. The van der Waals surface area contributed by atoms with Crippen molar-refractivity contribution >= 4 is 5.69 Å². The highest BCUT2D eigenvalue weighted by Crippen LogP contribution is 2.31. The van der Waals surface area contributed by atoms with E-state index in [2.05, 4.69) is 6.92 Å². The van der Waals surface area contributed by atoms with E-state index in [4.69, 9.17) is 4.74 Å². The quantitative estimate of drug-likeness (QED) is 0.643. The molecule has 1 aliphatic rings. The van der Waals surface area contributed by atoms with Gasteiger partial charge in [0, 0.05) is 11.6 Å². The van der Waals surface area contributed by atoms with E-state index in [0.717, 1.165) is 31.8 Å². The minimum absolute atomic E-state index is 0.0546. The van der Waals surface area contributed by atoms with Gasteiger partial charge >= 0.3 is 0 Å². The molecule has 0 bridgehead atoms. The molecule has 6 heteroatoms. The summed E-state index contributed by atoms with van der Waals surface area (Å²) in [5, 5.41) is 23.1. The van der Waals surface area contributed by atoms with Crippen LogP contribution in [-0.2, 0) is 6.54 Å². The Labute approximate surface area is 118 Å². The molecule has 6 nitrogen and oxygen atoms in total. The van der Waals surface area contributed by atoms with Crippen molar-refractivity contribution in [2.75, 3.05) is 20.2 Å². The molecule has 0 spiro atoms. The molecular weight excluding hydrogens is 260 g/mol. The molecule has 0 saturated carbocycles. The zero-order chi connectivity index (χ0) is 14.7. The first-order valence-corrected chi connectivity index (χ1v) is 6.87. The van der Waals surface area contributed by atoms with Crippen LogP contribution in [-0.4, -0.2) is 25.1 Å². The monoisotopic (exact) mass is 280 g/mol. The lowest BCUT2D eigenvalue weighted by molar-refractivity contribution is -0.919. The second-order valence-corrected chi connectivity index (χ2v) is 5.50. The Balaban J connectivity index is 2.21. The molecule has 1 fully saturated rings. The van der Waals surface area contributed by atoms with Gasteiger partial charge in [-0.3, -0.25) is 10.1 Å². The molecule has 0 amide bonds. The molecule has 110 valence electrons. The minimum atomic E-state index is -0.487. The first kappa shape index (κ1) is 14.6. The summed E-state index contributed by atoms with van der Waals surface area (Å²) < 4.78 is 4.96. The largest absolute Gasteiger partial charge is 0.870 e. The number of benzene rings is 1. The van der Waals surface area contributed by atoms with E-state index in [-0.39, 0.29) is 17.2 Å². The normalized spacial score (nSPS) is 22.5. The van der Waals surface area contributed by atoms with Gasteiger partial charge in [-0.25, -0.2) is 0 Å². The number of rotatable bonds is 4. The maximum atomic E-state index is 12.2. The van der Waals surface area contributed by atoms with Gasteiger partial charge in [0.2, 0.25) is 0 Å². The molecule has 1 N–H and O–H groups in total. The van der Waals surface area contributed by atoms with Crippen LogP contribution in [0.25, 0.3) is 0 Å². The summed E-state index contributed by atoms with van der Waals surface area (Å²) in [7, 11) is 1.36. The van der Waals surface area contributed by atoms with Gasteiger partial charge in [-0.2, -0.15) is 0 Å². The number of ether oxygens (including phenoxy) is 1. The van der Waals surface area contributed by atoms with Gasteiger partial charge in [0.15, 0.2) is 0 Å². The highest BCUT2D eigenvalue weighted by atomic mass is 16.6. The van der Waals surface area contributed by atoms with Gasteiger partial charge < -0.3 is 14.7 Å². The Bertz CT molecular complexity index is 496. The lowest BCUT2D eigenvalue weighted by atomic mass is 9.98. The maximum absolute atomic E-state index is 12.2. The highest BCUT2D eigenvalue weighted by molar-refractivity contribution is 5.52. The SMILES string of the molecule is COc1cc([N+](=O)[O-])cc(C[NH+]2CCC(C)CC2)c1[O-]. The molecule has 1 aliphatic heterocycles. The van der Waals surface area contributed by atoms with Crippen LogP contribution >= 0.6 is 0 Å². The van der Waals surface area contributed by atoms with E-state index in [1.165, 1.54) is 24.1 Å². The first-order valence-electron chi connectivity index (χ1n) is 6.87. The maximum Gasteiger partial charge on any atom is 0.273 e. The lowest BCUT2D eigenvalue weighted by Crippen LogP contribution is -3.11. The molecule has 1 saturated heterocycles. The number of non-ortho nitro benzene ring substituents is 1. The number of nitro groups is 1. The molecule has 20 heavy (non-hydrogen) atoms. The summed E-state index contributed by atoms with van der Waals surface area (Å²) in [5.74, 6) is 0.549. The molecule has 0 atom stereocenters. The molecule has 0 aliphatic carbocycles. The minimum Gasteiger partial charge on any atom is -0.870 e. The Morgan fingerprint density at radius 3 is 2.60 bits per heavy atom. The van der Waals surface area contributed by atoms with Crippen LogP contribution < -0.4 is 14.7 Å². The number of likely N-dealkylation sites (tertiary alicyclic amines) is 1. The van der Waals surface area contributed by atoms with E-state index in [1.54, 1.807) is 0 Å². The summed E-state index contributed by atoms with van der Waals surface area (Å²) in [6, 6.07) is 2.58. The number of hydrogen-bond donors (Lipinski definition) is 1. The van der Waals surface area contributed by atoms with Crippen molar-refractivity contribution in [3.05, 3.63) is 27.8 Å². The average Bonchev–Trinajstić information content (AvgIpc) is 2.43. The number of methoxy groups -OCH3 is 1. The van der Waals surface area contributed by atoms with Crippen molar-refractivity contribution in [3.8, 4) is 11.5 Å². The predicted octanol–water partition coefficient (Wildman–Crippen LogP) is 0.492. The average molecular weight is 280 g/mol. The van der Waals surface area contributed by atoms with Crippen molar-refractivity contribution < 1.29 is 19.7 Å². The second-order valence-electron chi connectivity index (χ2n) is 5.50. The Morgan fingerprint density at radius 2 is 2.05 bits per heavy atom. The van der Waals surface area contributed by atoms with Crippen molar-refractivity contribution in [2.24, 2.45) is 5.92 Å². The Hall–Kier alpha value is -1.82. The fourth-order valence-electron chi connectivity index (χ4n) is 2.65. The second kappa shape index (κ2) is 6.09. The zero-order valence-corrected chi connectivity index (χ0v) is 11.8. The number of quaternary nitrogens is 1. The Kier molecular flexibility index (Phi) is 4.44. The molecule has 1 aromatic rings. The number of nitrogens with one attached hydrogen (secondary N) is 1. The van der Waals surface area contributed by atoms with E-state index in [0.29, 0.717) is 12.1 Å². The Morgan fingerprint density at radius 1 is 1.40 bits per heavy atom. The number of piperidine rings is 1. The number of hydrogen-bond acceptors (Lipinski definition) is 4. The topological polar surface area (TPSA) is 79.9 Å². The summed E-state index contributed by atoms with van der Waals surface area (Å²) >= 11 is 0. The molecule has 1 aromatic carbocycles. The summed E-state index contributed by atoms with van der Waals surface area (Å²) in [6.45, 7) is 4.77. The van der Waals surface area contributed by atoms with Crippen LogP contribution in [0.2, 0.25) is 0 Å². The van der Waals surface area contributed by atoms with Crippen LogP contribution in [0.3, 0.4) is 0 Å². The summed E-state index contributed by atoms with van der Waals surface area (Å²) in [4.78, 5) is 11.7.